The summed E-state index contributed by atoms with van der Waals surface area (Å²) < 4.78 is 6.34. The topological polar surface area (TPSA) is 16.4 Å². The number of anilines is 3. The molecule has 9 aromatic carbocycles. The molecule has 0 aliphatic heterocycles. The van der Waals surface area contributed by atoms with Crippen LogP contribution in [0.5, 0.6) is 0 Å². The average molecular weight is 690 g/mol. The van der Waals surface area contributed by atoms with Gasteiger partial charge in [0.2, 0.25) is 0 Å². The Kier molecular flexibility index (Phi) is 7.85. The number of furan rings is 1. The molecule has 1 heterocycles. The van der Waals surface area contributed by atoms with Crippen LogP contribution in [0.25, 0.3) is 77.2 Å². The SMILES string of the molecule is c1ccc(-c2ccc(-c3ccccc3N(c3ccc(-c4ccccc4-c4cc5ccccc5o4)cc3)c3ccc4c(ccc5ccccc54)c3)cc2)cc1. The van der Waals surface area contributed by atoms with Crippen LogP contribution in [0.3, 0.4) is 0 Å². The number of hydrogen-bond donors (Lipinski definition) is 0. The Balaban J connectivity index is 1.10. The van der Waals surface area contributed by atoms with E-state index in [1.165, 1.54) is 38.2 Å². The van der Waals surface area contributed by atoms with Crippen LogP contribution in [0.2, 0.25) is 0 Å². The Hall–Kier alpha value is -7.16. The molecule has 0 fully saturated rings. The van der Waals surface area contributed by atoms with Crippen LogP contribution in [-0.2, 0) is 0 Å². The van der Waals surface area contributed by atoms with Gasteiger partial charge in [-0.2, -0.15) is 0 Å². The summed E-state index contributed by atoms with van der Waals surface area (Å²) in [7, 11) is 0. The summed E-state index contributed by atoms with van der Waals surface area (Å²) in [6.45, 7) is 0. The Morgan fingerprint density at radius 3 is 1.69 bits per heavy atom. The zero-order valence-corrected chi connectivity index (χ0v) is 29.6. The van der Waals surface area contributed by atoms with Crippen molar-refractivity contribution in [2.45, 2.75) is 0 Å². The zero-order valence-electron chi connectivity index (χ0n) is 29.6. The largest absolute Gasteiger partial charge is 0.456 e. The second-order valence-corrected chi connectivity index (χ2v) is 13.7. The van der Waals surface area contributed by atoms with Gasteiger partial charge in [0.25, 0.3) is 0 Å². The summed E-state index contributed by atoms with van der Waals surface area (Å²) in [6, 6.07) is 75.9. The monoisotopic (exact) mass is 689 g/mol. The van der Waals surface area contributed by atoms with E-state index < -0.39 is 0 Å². The maximum Gasteiger partial charge on any atom is 0.136 e. The Morgan fingerprint density at radius 1 is 0.315 bits per heavy atom. The molecule has 0 N–H and O–H groups in total. The van der Waals surface area contributed by atoms with Crippen LogP contribution in [0.1, 0.15) is 0 Å². The standard InChI is InChI=1S/C52H35NO/c1-2-12-36(13-3-1)37-22-24-40(25-23-37)48-18-9-10-20-50(48)53(44-32-33-47-41(34-44)27-26-38-14-4-6-16-45(38)47)43-30-28-39(29-31-43)46-17-7-8-19-49(46)52-35-42-15-5-11-21-51(42)54-52/h1-35H. The molecule has 254 valence electrons. The Morgan fingerprint density at radius 2 is 0.870 bits per heavy atom. The quantitative estimate of drug-likeness (QED) is 0.155. The van der Waals surface area contributed by atoms with Crippen LogP contribution in [0.15, 0.2) is 217 Å². The van der Waals surface area contributed by atoms with E-state index in [4.69, 9.17) is 4.42 Å². The molecule has 0 aliphatic rings. The van der Waals surface area contributed by atoms with E-state index in [2.05, 4.69) is 199 Å². The molecule has 0 atom stereocenters. The molecular weight excluding hydrogens is 655 g/mol. The highest BCUT2D eigenvalue weighted by Crippen LogP contribution is 2.44. The molecule has 54 heavy (non-hydrogen) atoms. The van der Waals surface area contributed by atoms with Crippen molar-refractivity contribution < 1.29 is 4.42 Å². The van der Waals surface area contributed by atoms with Gasteiger partial charge in [0, 0.05) is 27.9 Å². The minimum atomic E-state index is 0.869. The fourth-order valence-corrected chi connectivity index (χ4v) is 7.81. The lowest BCUT2D eigenvalue weighted by Gasteiger charge is -2.28. The number of fused-ring (bicyclic) bond motifs is 4. The molecule has 0 aliphatic carbocycles. The van der Waals surface area contributed by atoms with Gasteiger partial charge in [-0.25, -0.2) is 0 Å². The number of nitrogens with zero attached hydrogens (tertiary/aromatic N) is 1. The first-order valence-electron chi connectivity index (χ1n) is 18.4. The van der Waals surface area contributed by atoms with Gasteiger partial charge >= 0.3 is 0 Å². The molecule has 0 bridgehead atoms. The fourth-order valence-electron chi connectivity index (χ4n) is 7.81. The van der Waals surface area contributed by atoms with E-state index in [-0.39, 0.29) is 0 Å². The van der Waals surface area contributed by atoms with Gasteiger partial charge in [-0.1, -0.05) is 170 Å². The van der Waals surface area contributed by atoms with E-state index in [0.29, 0.717) is 0 Å². The molecule has 0 saturated carbocycles. The Bertz CT molecular complexity index is 2890. The molecular formula is C52H35NO. The summed E-state index contributed by atoms with van der Waals surface area (Å²) in [6.07, 6.45) is 0. The van der Waals surface area contributed by atoms with Gasteiger partial charge in [-0.15, -0.1) is 0 Å². The van der Waals surface area contributed by atoms with Gasteiger partial charge in [0.15, 0.2) is 0 Å². The fraction of sp³-hybridized carbons (Fsp3) is 0. The minimum absolute atomic E-state index is 0.869. The van der Waals surface area contributed by atoms with Crippen LogP contribution < -0.4 is 4.90 Å². The third-order valence-corrected chi connectivity index (χ3v) is 10.5. The summed E-state index contributed by atoms with van der Waals surface area (Å²) in [5.41, 5.74) is 12.3. The van der Waals surface area contributed by atoms with E-state index in [0.717, 1.165) is 56.0 Å². The normalized spacial score (nSPS) is 11.3. The van der Waals surface area contributed by atoms with Crippen molar-refractivity contribution in [3.05, 3.63) is 212 Å². The van der Waals surface area contributed by atoms with Gasteiger partial charge in [-0.3, -0.25) is 0 Å². The first-order valence-corrected chi connectivity index (χ1v) is 18.4. The predicted octanol–water partition coefficient (Wildman–Crippen LogP) is 14.9. The van der Waals surface area contributed by atoms with Crippen molar-refractivity contribution in [3.8, 4) is 44.7 Å². The molecule has 2 nitrogen and oxygen atoms in total. The highest BCUT2D eigenvalue weighted by atomic mass is 16.3. The molecule has 2 heteroatoms. The Labute approximate surface area is 314 Å². The number of benzene rings is 9. The van der Waals surface area contributed by atoms with Crippen molar-refractivity contribution in [2.75, 3.05) is 4.90 Å². The summed E-state index contributed by atoms with van der Waals surface area (Å²) in [5.74, 6) is 0.869. The van der Waals surface area contributed by atoms with Gasteiger partial charge in [0.05, 0.1) is 5.69 Å². The molecule has 10 rings (SSSR count). The highest BCUT2D eigenvalue weighted by molar-refractivity contribution is 6.08. The molecule has 0 spiro atoms. The van der Waals surface area contributed by atoms with E-state index in [1.807, 2.05) is 18.2 Å². The van der Waals surface area contributed by atoms with Gasteiger partial charge in [0.1, 0.15) is 11.3 Å². The lowest BCUT2D eigenvalue weighted by Crippen LogP contribution is -2.11. The maximum atomic E-state index is 6.34. The third kappa shape index (κ3) is 5.71. The van der Waals surface area contributed by atoms with E-state index in [1.54, 1.807) is 0 Å². The molecule has 0 amide bonds. The van der Waals surface area contributed by atoms with Crippen LogP contribution >= 0.6 is 0 Å². The van der Waals surface area contributed by atoms with Crippen molar-refractivity contribution in [3.63, 3.8) is 0 Å². The van der Waals surface area contributed by atoms with Crippen molar-refractivity contribution in [1.29, 1.82) is 0 Å². The van der Waals surface area contributed by atoms with E-state index in [9.17, 15) is 0 Å². The smallest absolute Gasteiger partial charge is 0.136 e. The molecule has 0 saturated heterocycles. The van der Waals surface area contributed by atoms with Crippen LogP contribution in [-0.4, -0.2) is 0 Å². The van der Waals surface area contributed by atoms with Gasteiger partial charge < -0.3 is 9.32 Å². The van der Waals surface area contributed by atoms with Crippen molar-refractivity contribution in [1.82, 2.24) is 0 Å². The lowest BCUT2D eigenvalue weighted by atomic mass is 9.96. The maximum absolute atomic E-state index is 6.34. The zero-order chi connectivity index (χ0) is 35.8. The molecule has 10 aromatic rings. The third-order valence-electron chi connectivity index (χ3n) is 10.5. The van der Waals surface area contributed by atoms with E-state index >= 15 is 0 Å². The summed E-state index contributed by atoms with van der Waals surface area (Å²) in [4.78, 5) is 2.39. The molecule has 0 radical (unpaired) electrons. The number of hydrogen-bond acceptors (Lipinski definition) is 2. The first kappa shape index (κ1) is 31.6. The molecule has 1 aromatic heterocycles. The second kappa shape index (κ2) is 13.4. The van der Waals surface area contributed by atoms with Gasteiger partial charge in [-0.05, 0) is 91.8 Å². The van der Waals surface area contributed by atoms with Crippen molar-refractivity contribution >= 4 is 49.6 Å². The second-order valence-electron chi connectivity index (χ2n) is 13.7. The minimum Gasteiger partial charge on any atom is -0.456 e. The first-order chi connectivity index (χ1) is 26.8. The predicted molar refractivity (Wildman–Crippen MR) is 228 cm³/mol. The van der Waals surface area contributed by atoms with Crippen LogP contribution in [0, 0.1) is 0 Å². The summed E-state index contributed by atoms with van der Waals surface area (Å²) in [5, 5.41) is 6.07. The highest BCUT2D eigenvalue weighted by Gasteiger charge is 2.19. The molecule has 0 unspecified atom stereocenters. The lowest BCUT2D eigenvalue weighted by molar-refractivity contribution is 0.632. The number of para-hydroxylation sites is 2. The summed E-state index contributed by atoms with van der Waals surface area (Å²) >= 11 is 0. The van der Waals surface area contributed by atoms with Crippen LogP contribution in [0.4, 0.5) is 17.1 Å². The number of rotatable bonds is 7. The average Bonchev–Trinajstić information content (AvgIpc) is 3.69. The van der Waals surface area contributed by atoms with Crippen molar-refractivity contribution in [2.24, 2.45) is 0 Å².